The molecule has 8 heteroatoms. The average Bonchev–Trinajstić information content (AvgIpc) is 2.53. The maximum atomic E-state index is 12.1. The molecule has 6 nitrogen and oxygen atoms in total. The molecule has 0 aromatic heterocycles. The molecule has 2 rings (SSSR count). The number of halogens is 1. The molecule has 0 atom stereocenters. The third kappa shape index (κ3) is 4.81. The van der Waals surface area contributed by atoms with Crippen LogP contribution in [0, 0.1) is 6.92 Å². The van der Waals surface area contributed by atoms with Gasteiger partial charge in [0.2, 0.25) is 0 Å². The number of sulfone groups is 1. The number of amides is 2. The van der Waals surface area contributed by atoms with E-state index in [-0.39, 0.29) is 10.5 Å². The standard InChI is InChI=1S/C16H15ClN2O4S/c1-11-2-8-14(9-3-11)24(22,23)10-15(20)18-19-16(21)12-4-6-13(17)7-5-12/h2-9H,10H2,1H3,(H,18,20)(H,19,21). The van der Waals surface area contributed by atoms with E-state index in [9.17, 15) is 18.0 Å². The molecule has 0 saturated heterocycles. The van der Waals surface area contributed by atoms with E-state index in [1.807, 2.05) is 6.92 Å². The van der Waals surface area contributed by atoms with E-state index in [4.69, 9.17) is 11.6 Å². The summed E-state index contributed by atoms with van der Waals surface area (Å²) in [6, 6.07) is 12.2. The lowest BCUT2D eigenvalue weighted by molar-refractivity contribution is -0.119. The number of carbonyl (C=O) groups is 2. The molecule has 0 radical (unpaired) electrons. The van der Waals surface area contributed by atoms with Crippen LogP contribution in [0.4, 0.5) is 0 Å². The normalized spacial score (nSPS) is 10.9. The van der Waals surface area contributed by atoms with Gasteiger partial charge in [0, 0.05) is 10.6 Å². The van der Waals surface area contributed by atoms with E-state index in [1.165, 1.54) is 36.4 Å². The van der Waals surface area contributed by atoms with E-state index in [0.29, 0.717) is 5.02 Å². The minimum atomic E-state index is -3.78. The smallest absolute Gasteiger partial charge is 0.269 e. The van der Waals surface area contributed by atoms with E-state index < -0.39 is 27.4 Å². The van der Waals surface area contributed by atoms with Gasteiger partial charge in [0.1, 0.15) is 5.75 Å². The van der Waals surface area contributed by atoms with Crippen LogP contribution >= 0.6 is 11.6 Å². The van der Waals surface area contributed by atoms with Gasteiger partial charge in [0.15, 0.2) is 9.84 Å². The van der Waals surface area contributed by atoms with Crippen LogP contribution in [0.15, 0.2) is 53.4 Å². The Bertz CT molecular complexity index is 847. The molecule has 0 saturated carbocycles. The Morgan fingerprint density at radius 1 is 0.958 bits per heavy atom. The number of hydrazine groups is 1. The Labute approximate surface area is 144 Å². The number of rotatable bonds is 4. The van der Waals surface area contributed by atoms with Crippen LogP contribution in [0.5, 0.6) is 0 Å². The molecule has 0 aliphatic carbocycles. The summed E-state index contributed by atoms with van der Waals surface area (Å²) in [5, 5.41) is 0.472. The number of benzene rings is 2. The van der Waals surface area contributed by atoms with Crippen molar-refractivity contribution < 1.29 is 18.0 Å². The van der Waals surface area contributed by atoms with Gasteiger partial charge in [-0.1, -0.05) is 29.3 Å². The fourth-order valence-corrected chi connectivity index (χ4v) is 3.10. The lowest BCUT2D eigenvalue weighted by Gasteiger charge is -2.08. The van der Waals surface area contributed by atoms with Gasteiger partial charge >= 0.3 is 0 Å². The second kappa shape index (κ2) is 7.46. The van der Waals surface area contributed by atoms with Crippen LogP contribution in [-0.2, 0) is 14.6 Å². The second-order valence-corrected chi connectivity index (χ2v) is 7.51. The molecule has 0 unspecified atom stereocenters. The van der Waals surface area contributed by atoms with Crippen molar-refractivity contribution in [3.8, 4) is 0 Å². The number of hydrogen-bond donors (Lipinski definition) is 2. The highest BCUT2D eigenvalue weighted by Gasteiger charge is 2.19. The maximum absolute atomic E-state index is 12.1. The van der Waals surface area contributed by atoms with Crippen LogP contribution in [0.2, 0.25) is 5.02 Å². The summed E-state index contributed by atoms with van der Waals surface area (Å²) in [5.41, 5.74) is 5.43. The van der Waals surface area contributed by atoms with E-state index in [0.717, 1.165) is 5.56 Å². The number of carbonyl (C=O) groups excluding carboxylic acids is 2. The summed E-state index contributed by atoms with van der Waals surface area (Å²) >= 11 is 5.72. The molecule has 126 valence electrons. The summed E-state index contributed by atoms with van der Waals surface area (Å²) in [7, 11) is -3.78. The Kier molecular flexibility index (Phi) is 5.58. The third-order valence-corrected chi connectivity index (χ3v) is 5.01. The van der Waals surface area contributed by atoms with Gasteiger partial charge in [0.05, 0.1) is 4.90 Å². The summed E-state index contributed by atoms with van der Waals surface area (Å²) in [4.78, 5) is 23.6. The Balaban J connectivity index is 1.94. The van der Waals surface area contributed by atoms with Crippen molar-refractivity contribution in [1.82, 2.24) is 10.9 Å². The molecule has 0 fully saturated rings. The Morgan fingerprint density at radius 3 is 2.12 bits per heavy atom. The lowest BCUT2D eigenvalue weighted by atomic mass is 10.2. The van der Waals surface area contributed by atoms with Crippen LogP contribution in [-0.4, -0.2) is 26.0 Å². The minimum absolute atomic E-state index is 0.0484. The van der Waals surface area contributed by atoms with E-state index >= 15 is 0 Å². The Hall–Kier alpha value is -2.38. The predicted molar refractivity (Wildman–Crippen MR) is 90.3 cm³/mol. The lowest BCUT2D eigenvalue weighted by Crippen LogP contribution is -2.44. The van der Waals surface area contributed by atoms with Crippen LogP contribution in [0.1, 0.15) is 15.9 Å². The molecular weight excluding hydrogens is 352 g/mol. The summed E-state index contributed by atoms with van der Waals surface area (Å²) in [6.45, 7) is 1.83. The average molecular weight is 367 g/mol. The molecule has 2 amide bonds. The van der Waals surface area contributed by atoms with Crippen LogP contribution in [0.3, 0.4) is 0 Å². The molecule has 2 aromatic carbocycles. The molecule has 0 aliphatic heterocycles. The zero-order chi connectivity index (χ0) is 17.7. The Morgan fingerprint density at radius 2 is 1.54 bits per heavy atom. The van der Waals surface area contributed by atoms with Gasteiger partial charge in [-0.2, -0.15) is 0 Å². The van der Waals surface area contributed by atoms with Crippen molar-refractivity contribution in [3.63, 3.8) is 0 Å². The summed E-state index contributed by atoms with van der Waals surface area (Å²) < 4.78 is 24.2. The molecular formula is C16H15ClN2O4S. The van der Waals surface area contributed by atoms with Crippen LogP contribution in [0.25, 0.3) is 0 Å². The summed E-state index contributed by atoms with van der Waals surface area (Å²) in [6.07, 6.45) is 0. The first-order valence-corrected chi connectivity index (χ1v) is 8.95. The minimum Gasteiger partial charge on any atom is -0.272 e. The third-order valence-electron chi connectivity index (χ3n) is 3.12. The van der Waals surface area contributed by atoms with Crippen molar-refractivity contribution in [1.29, 1.82) is 0 Å². The van der Waals surface area contributed by atoms with Gasteiger partial charge in [-0.25, -0.2) is 8.42 Å². The molecule has 0 aliphatic rings. The largest absolute Gasteiger partial charge is 0.272 e. The van der Waals surface area contributed by atoms with Crippen molar-refractivity contribution in [2.45, 2.75) is 11.8 Å². The molecule has 0 bridgehead atoms. The van der Waals surface area contributed by atoms with Crippen LogP contribution < -0.4 is 10.9 Å². The fourth-order valence-electron chi connectivity index (χ4n) is 1.84. The number of aryl methyl sites for hydroxylation is 1. The fraction of sp³-hybridized carbons (Fsp3) is 0.125. The zero-order valence-electron chi connectivity index (χ0n) is 12.7. The molecule has 24 heavy (non-hydrogen) atoms. The monoisotopic (exact) mass is 366 g/mol. The maximum Gasteiger partial charge on any atom is 0.269 e. The van der Waals surface area contributed by atoms with Gasteiger partial charge < -0.3 is 0 Å². The molecule has 2 N–H and O–H groups in total. The predicted octanol–water partition coefficient (Wildman–Crippen LogP) is 1.88. The highest BCUT2D eigenvalue weighted by atomic mass is 35.5. The van der Waals surface area contributed by atoms with Gasteiger partial charge in [0.25, 0.3) is 11.8 Å². The highest BCUT2D eigenvalue weighted by Crippen LogP contribution is 2.12. The zero-order valence-corrected chi connectivity index (χ0v) is 14.3. The van der Waals surface area contributed by atoms with Crippen molar-refractivity contribution in [3.05, 3.63) is 64.7 Å². The van der Waals surface area contributed by atoms with E-state index in [1.54, 1.807) is 12.1 Å². The van der Waals surface area contributed by atoms with Crippen molar-refractivity contribution >= 4 is 33.3 Å². The number of hydrogen-bond acceptors (Lipinski definition) is 4. The second-order valence-electron chi connectivity index (χ2n) is 5.08. The summed E-state index contributed by atoms with van der Waals surface area (Å²) in [5.74, 6) is -2.18. The molecule has 0 spiro atoms. The highest BCUT2D eigenvalue weighted by molar-refractivity contribution is 7.92. The first kappa shape index (κ1) is 18.0. The van der Waals surface area contributed by atoms with Gasteiger partial charge in [-0.15, -0.1) is 0 Å². The van der Waals surface area contributed by atoms with Crippen molar-refractivity contribution in [2.24, 2.45) is 0 Å². The quantitative estimate of drug-likeness (QED) is 0.808. The van der Waals surface area contributed by atoms with E-state index in [2.05, 4.69) is 10.9 Å². The molecule has 0 heterocycles. The first-order chi connectivity index (χ1) is 11.3. The van der Waals surface area contributed by atoms with Crippen molar-refractivity contribution in [2.75, 3.05) is 5.75 Å². The van der Waals surface area contributed by atoms with Gasteiger partial charge in [-0.3, -0.25) is 20.4 Å². The SMILES string of the molecule is Cc1ccc(S(=O)(=O)CC(=O)NNC(=O)c2ccc(Cl)cc2)cc1. The topological polar surface area (TPSA) is 92.3 Å². The first-order valence-electron chi connectivity index (χ1n) is 6.92. The number of nitrogens with one attached hydrogen (secondary N) is 2. The molecule has 2 aromatic rings. The van der Waals surface area contributed by atoms with Gasteiger partial charge in [-0.05, 0) is 43.3 Å².